The molecule has 1 atom stereocenters. The van der Waals surface area contributed by atoms with E-state index < -0.39 is 17.9 Å². The Balaban J connectivity index is 2.39. The van der Waals surface area contributed by atoms with Crippen LogP contribution < -0.4 is 27.1 Å². The molecule has 1 aromatic carbocycles. The normalized spacial score (nSPS) is 11.5. The molecule has 11 nitrogen and oxygen atoms in total. The number of rotatable bonds is 13. The summed E-state index contributed by atoms with van der Waals surface area (Å²) in [5, 5.41) is 12.1. The van der Waals surface area contributed by atoms with Crippen molar-refractivity contribution >= 4 is 17.8 Å². The molecule has 1 unspecified atom stereocenters. The zero-order valence-electron chi connectivity index (χ0n) is 20.4. The number of nitrogens with zero attached hydrogens (tertiary/aromatic N) is 2. The number of amides is 1. The molecule has 11 heteroatoms. The minimum absolute atomic E-state index is 0.0799. The second-order valence-corrected chi connectivity index (χ2v) is 7.92. The monoisotopic (exact) mass is 486 g/mol. The number of aliphatic carboxylic acids is 1. The molecule has 0 saturated heterocycles. The lowest BCUT2D eigenvalue weighted by Crippen LogP contribution is -2.40. The van der Waals surface area contributed by atoms with Gasteiger partial charge in [-0.25, -0.2) is 9.78 Å². The number of ether oxygens (including phenoxy) is 1. The second-order valence-electron chi connectivity index (χ2n) is 7.92. The van der Waals surface area contributed by atoms with E-state index in [9.17, 15) is 19.5 Å². The molecular weight excluding hydrogens is 452 g/mol. The molecule has 1 heterocycles. The number of carboxylic acids is 1. The van der Waals surface area contributed by atoms with Crippen LogP contribution in [0.1, 0.15) is 61.6 Å². The van der Waals surface area contributed by atoms with E-state index in [2.05, 4.69) is 20.3 Å². The Morgan fingerprint density at radius 1 is 1.23 bits per heavy atom. The van der Waals surface area contributed by atoms with Crippen LogP contribution in [0.25, 0.3) is 11.4 Å². The number of hydrogen-bond acceptors (Lipinski definition) is 6. The minimum atomic E-state index is -1.17. The van der Waals surface area contributed by atoms with Gasteiger partial charge < -0.3 is 31.6 Å². The molecule has 190 valence electrons. The fourth-order valence-electron chi connectivity index (χ4n) is 3.53. The Labute approximate surface area is 204 Å². The van der Waals surface area contributed by atoms with Gasteiger partial charge in [0.2, 0.25) is 0 Å². The molecule has 2 aromatic rings. The number of benzene rings is 1. The van der Waals surface area contributed by atoms with Crippen LogP contribution in [0.2, 0.25) is 0 Å². The largest absolute Gasteiger partial charge is 0.493 e. The molecule has 2 rings (SSSR count). The Kier molecular flexibility index (Phi) is 10.2. The molecule has 1 aromatic heterocycles. The number of nitrogens with one attached hydrogen (secondary N) is 2. The van der Waals surface area contributed by atoms with Crippen molar-refractivity contribution in [3.8, 4) is 17.1 Å². The number of aryl methyl sites for hydroxylation is 1. The molecule has 0 aliphatic heterocycles. The van der Waals surface area contributed by atoms with E-state index in [-0.39, 0.29) is 35.9 Å². The van der Waals surface area contributed by atoms with Crippen LogP contribution in [0.15, 0.2) is 28.0 Å². The summed E-state index contributed by atoms with van der Waals surface area (Å²) in [5.74, 6) is -1.07. The highest BCUT2D eigenvalue weighted by Gasteiger charge is 2.22. The zero-order chi connectivity index (χ0) is 26.0. The Morgan fingerprint density at radius 3 is 2.57 bits per heavy atom. The van der Waals surface area contributed by atoms with Gasteiger partial charge >= 0.3 is 5.97 Å². The van der Waals surface area contributed by atoms with E-state index in [1.807, 2.05) is 20.8 Å². The van der Waals surface area contributed by atoms with Crippen molar-refractivity contribution in [3.05, 3.63) is 45.4 Å². The maximum atomic E-state index is 12.9. The highest BCUT2D eigenvalue weighted by molar-refractivity contribution is 5.98. The van der Waals surface area contributed by atoms with Gasteiger partial charge in [0.05, 0.1) is 17.9 Å². The first-order valence-electron chi connectivity index (χ1n) is 11.7. The smallest absolute Gasteiger partial charge is 0.326 e. The summed E-state index contributed by atoms with van der Waals surface area (Å²) in [4.78, 5) is 48.5. The minimum Gasteiger partial charge on any atom is -0.493 e. The van der Waals surface area contributed by atoms with Gasteiger partial charge in [-0.2, -0.15) is 0 Å². The molecular formula is C24H34N6O5. The van der Waals surface area contributed by atoms with Gasteiger partial charge in [0.15, 0.2) is 5.96 Å². The number of aromatic nitrogens is 2. The van der Waals surface area contributed by atoms with Gasteiger partial charge in [-0.1, -0.05) is 20.8 Å². The number of aromatic amines is 1. The van der Waals surface area contributed by atoms with E-state index >= 15 is 0 Å². The van der Waals surface area contributed by atoms with Gasteiger partial charge in [0.1, 0.15) is 17.6 Å². The first kappa shape index (κ1) is 27.4. The lowest BCUT2D eigenvalue weighted by Gasteiger charge is -2.16. The summed E-state index contributed by atoms with van der Waals surface area (Å²) >= 11 is 0. The van der Waals surface area contributed by atoms with Crippen molar-refractivity contribution in [1.29, 1.82) is 0 Å². The van der Waals surface area contributed by atoms with Crippen LogP contribution in [0, 0.1) is 0 Å². The molecule has 0 spiro atoms. The molecule has 0 aliphatic rings. The number of nitrogens with two attached hydrogens (primary N) is 2. The van der Waals surface area contributed by atoms with Crippen LogP contribution in [-0.2, 0) is 17.6 Å². The highest BCUT2D eigenvalue weighted by Crippen LogP contribution is 2.29. The van der Waals surface area contributed by atoms with Crippen molar-refractivity contribution in [2.24, 2.45) is 16.5 Å². The van der Waals surface area contributed by atoms with Gasteiger partial charge in [-0.05, 0) is 50.3 Å². The number of guanidine groups is 1. The number of carboxylic acid groups (broad SMARTS) is 1. The van der Waals surface area contributed by atoms with Gasteiger partial charge in [-0.3, -0.25) is 14.6 Å². The van der Waals surface area contributed by atoms with E-state index in [4.69, 9.17) is 16.2 Å². The third kappa shape index (κ3) is 7.56. The number of H-pyrrole nitrogens is 1. The maximum Gasteiger partial charge on any atom is 0.326 e. The highest BCUT2D eigenvalue weighted by atomic mass is 16.5. The predicted octanol–water partition coefficient (Wildman–Crippen LogP) is 1.59. The Morgan fingerprint density at radius 2 is 1.97 bits per heavy atom. The predicted molar refractivity (Wildman–Crippen MR) is 134 cm³/mol. The molecule has 1 amide bonds. The van der Waals surface area contributed by atoms with E-state index in [1.165, 1.54) is 0 Å². The summed E-state index contributed by atoms with van der Waals surface area (Å²) < 4.78 is 5.83. The lowest BCUT2D eigenvalue weighted by molar-refractivity contribution is -0.139. The quantitative estimate of drug-likeness (QED) is 0.160. The Bertz CT molecular complexity index is 1120. The van der Waals surface area contributed by atoms with Crippen LogP contribution in [-0.4, -0.2) is 52.1 Å². The fourth-order valence-corrected chi connectivity index (χ4v) is 3.53. The summed E-state index contributed by atoms with van der Waals surface area (Å²) in [6.45, 7) is 6.46. The number of carbonyl (C=O) groups excluding carboxylic acids is 1. The third-order valence-electron chi connectivity index (χ3n) is 5.30. The molecule has 35 heavy (non-hydrogen) atoms. The summed E-state index contributed by atoms with van der Waals surface area (Å²) in [6.07, 6.45) is 2.41. The van der Waals surface area contributed by atoms with Crippen LogP contribution in [0.5, 0.6) is 5.75 Å². The molecule has 0 bridgehead atoms. The summed E-state index contributed by atoms with van der Waals surface area (Å²) in [5.41, 5.74) is 12.3. The Hall–Kier alpha value is -3.89. The van der Waals surface area contributed by atoms with Crippen molar-refractivity contribution in [3.63, 3.8) is 0 Å². The van der Waals surface area contributed by atoms with Crippen LogP contribution in [0.3, 0.4) is 0 Å². The summed E-state index contributed by atoms with van der Waals surface area (Å²) in [7, 11) is 0. The van der Waals surface area contributed by atoms with Crippen molar-refractivity contribution in [1.82, 2.24) is 15.3 Å². The molecule has 0 fully saturated rings. The molecule has 0 aliphatic carbocycles. The molecule has 7 N–H and O–H groups in total. The van der Waals surface area contributed by atoms with Crippen molar-refractivity contribution in [2.45, 2.75) is 58.9 Å². The van der Waals surface area contributed by atoms with Crippen LogP contribution in [0.4, 0.5) is 0 Å². The van der Waals surface area contributed by atoms with E-state index in [0.717, 1.165) is 6.42 Å². The maximum absolute atomic E-state index is 12.9. The fraction of sp³-hybridized carbons (Fsp3) is 0.458. The zero-order valence-corrected chi connectivity index (χ0v) is 20.4. The van der Waals surface area contributed by atoms with Crippen molar-refractivity contribution < 1.29 is 19.4 Å². The second kappa shape index (κ2) is 13.1. The van der Waals surface area contributed by atoms with Crippen molar-refractivity contribution in [2.75, 3.05) is 13.2 Å². The topological polar surface area (TPSA) is 186 Å². The average molecular weight is 487 g/mol. The van der Waals surface area contributed by atoms with E-state index in [0.29, 0.717) is 48.4 Å². The number of aliphatic imine (C=N–C) groups is 1. The third-order valence-corrected chi connectivity index (χ3v) is 5.30. The van der Waals surface area contributed by atoms with Gasteiger partial charge in [0.25, 0.3) is 11.5 Å². The molecule has 0 radical (unpaired) electrons. The van der Waals surface area contributed by atoms with Crippen LogP contribution >= 0.6 is 0 Å². The average Bonchev–Trinajstić information content (AvgIpc) is 2.83. The van der Waals surface area contributed by atoms with Gasteiger partial charge in [-0.15, -0.1) is 0 Å². The lowest BCUT2D eigenvalue weighted by atomic mass is 10.1. The van der Waals surface area contributed by atoms with E-state index in [1.54, 1.807) is 18.2 Å². The number of hydrogen-bond donors (Lipinski definition) is 5. The summed E-state index contributed by atoms with van der Waals surface area (Å²) in [6, 6.07) is 3.58. The molecule has 0 saturated carbocycles. The SMILES string of the molecule is CCCOc1ccc(C(=O)NC(CCCN=C(N)N)C(=O)O)cc1-c1nc(CC)c(CC)c(=O)[nH]1. The van der Waals surface area contributed by atoms with Gasteiger partial charge in [0, 0.05) is 17.7 Å². The number of carbonyl (C=O) groups is 2. The first-order valence-corrected chi connectivity index (χ1v) is 11.7. The first-order chi connectivity index (χ1) is 16.7. The standard InChI is InChI=1S/C24H34N6O5/c1-4-12-35-19-10-9-14(21(31)29-18(23(33)34)8-7-11-27-24(25)26)13-16(19)20-28-17(6-3)15(5-2)22(32)30-20/h9-10,13,18H,4-8,11-12H2,1-3H3,(H,29,31)(H,33,34)(H4,25,26,27)(H,28,30,32).